The van der Waals surface area contributed by atoms with Crippen molar-refractivity contribution < 1.29 is 23.5 Å². The van der Waals surface area contributed by atoms with Crippen LogP contribution in [-0.4, -0.2) is 71.9 Å². The van der Waals surface area contributed by atoms with Gasteiger partial charge in [0.2, 0.25) is 0 Å². The zero-order chi connectivity index (χ0) is 33.2. The van der Waals surface area contributed by atoms with E-state index in [4.69, 9.17) is 14.5 Å². The lowest BCUT2D eigenvalue weighted by Gasteiger charge is -2.36. The molecule has 3 aliphatic rings. The smallest absolute Gasteiger partial charge is 0.411 e. The number of aromatic nitrogens is 4. The molecule has 1 saturated carbocycles. The Morgan fingerprint density at radius 1 is 0.872 bits per heavy atom. The van der Waals surface area contributed by atoms with Crippen LogP contribution in [0, 0.1) is 5.92 Å². The molecule has 2 bridgehead atoms. The number of piperidine rings is 1. The number of H-pyrrole nitrogens is 2. The van der Waals surface area contributed by atoms with Crippen molar-refractivity contribution in [3.63, 3.8) is 0 Å². The van der Waals surface area contributed by atoms with E-state index >= 15 is 0 Å². The van der Waals surface area contributed by atoms with Crippen molar-refractivity contribution in [2.24, 2.45) is 5.92 Å². The molecule has 4 heterocycles. The molecule has 0 unspecified atom stereocenters. The van der Waals surface area contributed by atoms with Gasteiger partial charge in [0.1, 0.15) is 29.0 Å². The van der Waals surface area contributed by atoms with E-state index in [0.29, 0.717) is 25.2 Å². The Balaban J connectivity index is 1.09. The van der Waals surface area contributed by atoms with Gasteiger partial charge in [-0.1, -0.05) is 30.3 Å². The van der Waals surface area contributed by atoms with Crippen molar-refractivity contribution in [3.05, 3.63) is 60.3 Å². The van der Waals surface area contributed by atoms with Crippen LogP contribution in [-0.2, 0) is 9.47 Å². The van der Waals surface area contributed by atoms with Gasteiger partial charge in [0.15, 0.2) is 0 Å². The number of rotatable bonds is 4. The normalized spacial score (nSPS) is 24.4. The minimum absolute atomic E-state index is 0.143. The lowest BCUT2D eigenvalue weighted by molar-refractivity contribution is -0.00203. The van der Waals surface area contributed by atoms with Crippen molar-refractivity contribution in [1.29, 1.82) is 0 Å². The Kier molecular flexibility index (Phi) is 7.56. The van der Waals surface area contributed by atoms with E-state index in [1.807, 2.05) is 78.1 Å². The molecule has 2 N–H and O–H groups in total. The van der Waals surface area contributed by atoms with Gasteiger partial charge in [0, 0.05) is 18.5 Å². The van der Waals surface area contributed by atoms with Crippen molar-refractivity contribution in [2.45, 2.75) is 103 Å². The number of carbonyl (C=O) groups is 2. The van der Waals surface area contributed by atoms with E-state index in [0.717, 1.165) is 52.1 Å². The van der Waals surface area contributed by atoms with Crippen LogP contribution in [0.2, 0.25) is 0 Å². The fraction of sp³-hybridized carbons (Fsp3) is 0.500. The first-order chi connectivity index (χ1) is 22.2. The summed E-state index contributed by atoms with van der Waals surface area (Å²) < 4.78 is 26.3. The number of ether oxygens (including phenoxy) is 2. The second-order valence-corrected chi connectivity index (χ2v) is 15.1. The maximum absolute atomic E-state index is 15.0. The van der Waals surface area contributed by atoms with Crippen LogP contribution in [0.25, 0.3) is 33.4 Å². The number of hydrogen-bond donors (Lipinski definition) is 2. The summed E-state index contributed by atoms with van der Waals surface area (Å²) in [6, 6.07) is 13.4. The first-order valence-electron chi connectivity index (χ1n) is 16.5. The molecule has 3 fully saturated rings. The van der Waals surface area contributed by atoms with Crippen molar-refractivity contribution in [3.8, 4) is 22.4 Å². The van der Waals surface area contributed by atoms with Gasteiger partial charge >= 0.3 is 12.2 Å². The molecule has 1 aliphatic carbocycles. The molecule has 2 saturated heterocycles. The molecule has 4 aromatic rings. The monoisotopic (exact) mass is 642 g/mol. The predicted octanol–water partition coefficient (Wildman–Crippen LogP) is 8.10. The van der Waals surface area contributed by atoms with Crippen LogP contribution in [0.5, 0.6) is 0 Å². The van der Waals surface area contributed by atoms with Crippen molar-refractivity contribution in [1.82, 2.24) is 29.7 Å². The lowest BCUT2D eigenvalue weighted by Crippen LogP contribution is -2.45. The molecule has 248 valence electrons. The van der Waals surface area contributed by atoms with E-state index in [2.05, 4.69) is 27.1 Å². The van der Waals surface area contributed by atoms with E-state index in [1.165, 1.54) is 0 Å². The van der Waals surface area contributed by atoms with Crippen LogP contribution >= 0.6 is 0 Å². The molecular weight excluding hydrogens is 599 g/mol. The zero-order valence-electron chi connectivity index (χ0n) is 27.8. The molecule has 5 atom stereocenters. The number of nitrogens with zero attached hydrogens (tertiary/aromatic N) is 4. The summed E-state index contributed by atoms with van der Waals surface area (Å²) in [6.07, 6.45) is 2.79. The van der Waals surface area contributed by atoms with E-state index in [9.17, 15) is 14.0 Å². The Labute approximate surface area is 274 Å². The maximum Gasteiger partial charge on any atom is 0.411 e. The summed E-state index contributed by atoms with van der Waals surface area (Å²) in [6.45, 7) is 11.8. The number of benzene rings is 2. The molecule has 2 aliphatic heterocycles. The Morgan fingerprint density at radius 3 is 2.28 bits per heavy atom. The average molecular weight is 643 g/mol. The molecule has 2 aromatic heterocycles. The number of alkyl halides is 1. The number of fused-ring (bicyclic) bond motifs is 3. The van der Waals surface area contributed by atoms with Gasteiger partial charge in [0.05, 0.1) is 35.0 Å². The van der Waals surface area contributed by atoms with Crippen molar-refractivity contribution >= 4 is 23.2 Å². The van der Waals surface area contributed by atoms with Crippen LogP contribution in [0.15, 0.2) is 48.7 Å². The summed E-state index contributed by atoms with van der Waals surface area (Å²) in [5, 5.41) is 0. The van der Waals surface area contributed by atoms with Gasteiger partial charge in [-0.2, -0.15) is 0 Å². The predicted molar refractivity (Wildman–Crippen MR) is 176 cm³/mol. The summed E-state index contributed by atoms with van der Waals surface area (Å²) in [5.74, 6) is 1.04. The number of likely N-dealkylation sites (tertiary alicyclic amines) is 2. The molecule has 0 spiro atoms. The van der Waals surface area contributed by atoms with Gasteiger partial charge in [-0.3, -0.25) is 9.80 Å². The highest BCUT2D eigenvalue weighted by Gasteiger charge is 2.56. The SMILES string of the molecule is CC(C)(C)OC(=O)N1CCC[C@H]1c1ncc(-c2ccc(-c3ccc4nc([C@@H]5[C@@H]6C[C@@H](C[C@@H]6F)N5C(=O)OC(C)(C)C)[nH]c4c3)cc2)[nH]1. The van der Waals surface area contributed by atoms with Crippen LogP contribution in [0.3, 0.4) is 0 Å². The molecule has 0 radical (unpaired) electrons. The molecular formula is C36H43FN6O4. The summed E-state index contributed by atoms with van der Waals surface area (Å²) in [4.78, 5) is 45.7. The van der Waals surface area contributed by atoms with E-state index < -0.39 is 29.5 Å². The van der Waals surface area contributed by atoms with Gasteiger partial charge in [0.25, 0.3) is 0 Å². The van der Waals surface area contributed by atoms with Crippen LogP contribution in [0.4, 0.5) is 14.0 Å². The summed E-state index contributed by atoms with van der Waals surface area (Å²) in [5.41, 5.74) is 4.29. The molecule has 11 heteroatoms. The minimum Gasteiger partial charge on any atom is -0.444 e. The number of imidazole rings is 2. The van der Waals surface area contributed by atoms with E-state index in [1.54, 1.807) is 9.80 Å². The maximum atomic E-state index is 15.0. The Bertz CT molecular complexity index is 1800. The topological polar surface area (TPSA) is 116 Å². The quantitative estimate of drug-likeness (QED) is 0.232. The third kappa shape index (κ3) is 6.07. The number of carbonyl (C=O) groups excluding carboxylic acids is 2. The third-order valence-corrected chi connectivity index (χ3v) is 9.31. The third-order valence-electron chi connectivity index (χ3n) is 9.31. The van der Waals surface area contributed by atoms with Crippen LogP contribution in [0.1, 0.15) is 91.0 Å². The highest BCUT2D eigenvalue weighted by molar-refractivity contribution is 5.83. The van der Waals surface area contributed by atoms with Gasteiger partial charge in [-0.15, -0.1) is 0 Å². The first kappa shape index (κ1) is 31.2. The fourth-order valence-corrected chi connectivity index (χ4v) is 7.33. The average Bonchev–Trinajstić information content (AvgIpc) is 3.81. The summed E-state index contributed by atoms with van der Waals surface area (Å²) >= 11 is 0. The molecule has 47 heavy (non-hydrogen) atoms. The molecule has 10 nitrogen and oxygen atoms in total. The Hall–Kier alpha value is -4.41. The second-order valence-electron chi connectivity index (χ2n) is 15.1. The standard InChI is InChI=1S/C36H43FN6O4/c1-35(2,3)46-33(44)42-15-7-8-29(42)31-38-19-28(41-31)21-11-9-20(10-12-21)22-13-14-26-27(16-22)40-32(39-26)30-24-17-23(18-25(24)37)43(30)34(45)47-36(4,5)6/h9-14,16,19,23-25,29-30H,7-8,15,17-18H2,1-6H3,(H,38,41)(H,39,40)/t23-,24+,25-,29-,30-/m0/s1. The highest BCUT2D eigenvalue weighted by Crippen LogP contribution is 2.51. The first-order valence-corrected chi connectivity index (χ1v) is 16.5. The molecule has 7 rings (SSSR count). The van der Waals surface area contributed by atoms with Gasteiger partial charge in [-0.05, 0) is 96.0 Å². The molecule has 2 amide bonds. The van der Waals surface area contributed by atoms with Crippen LogP contribution < -0.4 is 0 Å². The zero-order valence-corrected chi connectivity index (χ0v) is 27.8. The molecule has 2 aromatic carbocycles. The highest BCUT2D eigenvalue weighted by atomic mass is 19.1. The van der Waals surface area contributed by atoms with Gasteiger partial charge in [-0.25, -0.2) is 23.9 Å². The minimum atomic E-state index is -0.973. The van der Waals surface area contributed by atoms with E-state index in [-0.39, 0.29) is 24.1 Å². The number of halogens is 1. The fourth-order valence-electron chi connectivity index (χ4n) is 7.33. The number of amides is 2. The second kappa shape index (κ2) is 11.4. The number of nitrogens with one attached hydrogen (secondary N) is 2. The number of hydrogen-bond acceptors (Lipinski definition) is 6. The summed E-state index contributed by atoms with van der Waals surface area (Å²) in [7, 11) is 0. The van der Waals surface area contributed by atoms with Gasteiger partial charge < -0.3 is 19.4 Å². The number of aromatic amines is 2. The lowest BCUT2D eigenvalue weighted by atomic mass is 9.96. The van der Waals surface area contributed by atoms with Crippen molar-refractivity contribution in [2.75, 3.05) is 6.54 Å². The largest absolute Gasteiger partial charge is 0.444 e. The Morgan fingerprint density at radius 2 is 1.55 bits per heavy atom.